The van der Waals surface area contributed by atoms with E-state index in [9.17, 15) is 15.0 Å². The van der Waals surface area contributed by atoms with E-state index in [2.05, 4.69) is 31.2 Å². The molecular formula is C18H29KO3. The Kier molecular flexibility index (Phi) is 21.6. The molecule has 120 valence electrons. The number of rotatable bonds is 13. The number of aliphatic carboxylic acids is 1. The number of carbonyl (C=O) groups excluding carboxylic acids is 1. The molecule has 22 heavy (non-hydrogen) atoms. The summed E-state index contributed by atoms with van der Waals surface area (Å²) in [6.45, 7) is 2.21. The van der Waals surface area contributed by atoms with E-state index in [4.69, 9.17) is 0 Å². The minimum atomic E-state index is -1.20. The van der Waals surface area contributed by atoms with Gasteiger partial charge in [-0.05, 0) is 38.5 Å². The summed E-state index contributed by atoms with van der Waals surface area (Å²) in [7, 11) is 0. The molecule has 0 spiro atoms. The number of unbranched alkanes of at least 4 members (excludes halogenated alkanes) is 3. The van der Waals surface area contributed by atoms with Crippen LogP contribution in [0.15, 0.2) is 36.5 Å². The van der Waals surface area contributed by atoms with Crippen molar-refractivity contribution < 1.29 is 66.4 Å². The van der Waals surface area contributed by atoms with Gasteiger partial charge in [0.25, 0.3) is 0 Å². The van der Waals surface area contributed by atoms with Crippen molar-refractivity contribution in [3.05, 3.63) is 36.5 Å². The Morgan fingerprint density at radius 3 is 2.09 bits per heavy atom. The molecule has 0 rings (SSSR count). The van der Waals surface area contributed by atoms with Crippen LogP contribution in [0.3, 0.4) is 0 Å². The second-order valence-corrected chi connectivity index (χ2v) is 5.19. The minimum absolute atomic E-state index is 0. The Bertz CT molecular complexity index is 335. The third-order valence-electron chi connectivity index (χ3n) is 3.09. The summed E-state index contributed by atoms with van der Waals surface area (Å²) in [5.74, 6) is -1.20. The Labute approximate surface area is 178 Å². The summed E-state index contributed by atoms with van der Waals surface area (Å²) in [6, 6.07) is 0. The zero-order valence-electron chi connectivity index (χ0n) is 14.2. The van der Waals surface area contributed by atoms with Crippen molar-refractivity contribution in [2.45, 2.75) is 70.8 Å². The molecule has 3 nitrogen and oxygen atoms in total. The van der Waals surface area contributed by atoms with Crippen LogP contribution in [0.25, 0.3) is 0 Å². The van der Waals surface area contributed by atoms with E-state index in [1.165, 1.54) is 25.7 Å². The molecule has 0 aromatic carbocycles. The summed E-state index contributed by atoms with van der Waals surface area (Å²) in [5, 5.41) is 19.6. The predicted molar refractivity (Wildman–Crippen MR) is 85.7 cm³/mol. The van der Waals surface area contributed by atoms with Crippen LogP contribution in [0.5, 0.6) is 0 Å². The van der Waals surface area contributed by atoms with Gasteiger partial charge in [0.1, 0.15) is 0 Å². The van der Waals surface area contributed by atoms with Gasteiger partial charge in [-0.15, -0.1) is 0 Å². The van der Waals surface area contributed by atoms with E-state index >= 15 is 0 Å². The first-order valence-electron chi connectivity index (χ1n) is 7.99. The monoisotopic (exact) mass is 332 g/mol. The second-order valence-electron chi connectivity index (χ2n) is 5.19. The summed E-state index contributed by atoms with van der Waals surface area (Å²) in [6.07, 6.45) is 19.7. The van der Waals surface area contributed by atoms with E-state index in [1.807, 2.05) is 12.2 Å². The van der Waals surface area contributed by atoms with Crippen LogP contribution >= 0.6 is 0 Å². The molecular weight excluding hydrogens is 303 g/mol. The van der Waals surface area contributed by atoms with Gasteiger partial charge in [-0.25, -0.2) is 0 Å². The average Bonchev–Trinajstić information content (AvgIpc) is 2.43. The van der Waals surface area contributed by atoms with Crippen LogP contribution in [-0.2, 0) is 4.79 Å². The first-order valence-corrected chi connectivity index (χ1v) is 7.99. The molecule has 1 atom stereocenters. The summed E-state index contributed by atoms with van der Waals surface area (Å²) in [4.78, 5) is 10.2. The fourth-order valence-electron chi connectivity index (χ4n) is 1.87. The van der Waals surface area contributed by atoms with Gasteiger partial charge in [-0.1, -0.05) is 56.2 Å². The van der Waals surface area contributed by atoms with Crippen LogP contribution in [0.4, 0.5) is 0 Å². The van der Waals surface area contributed by atoms with Gasteiger partial charge < -0.3 is 15.0 Å². The number of carbonyl (C=O) groups is 1. The van der Waals surface area contributed by atoms with Crippen molar-refractivity contribution >= 4 is 5.97 Å². The van der Waals surface area contributed by atoms with Gasteiger partial charge in [-0.3, -0.25) is 0 Å². The number of carboxylic acids is 1. The summed E-state index contributed by atoms with van der Waals surface area (Å²) in [5.41, 5.74) is 0. The number of hydrogen-bond donors (Lipinski definition) is 1. The molecule has 1 unspecified atom stereocenters. The third-order valence-corrected chi connectivity index (χ3v) is 3.09. The molecule has 0 aliphatic carbocycles. The van der Waals surface area contributed by atoms with Crippen molar-refractivity contribution in [3.63, 3.8) is 0 Å². The molecule has 4 heteroatoms. The van der Waals surface area contributed by atoms with Crippen molar-refractivity contribution in [1.29, 1.82) is 0 Å². The summed E-state index contributed by atoms with van der Waals surface area (Å²) < 4.78 is 0. The molecule has 0 aromatic heterocycles. The van der Waals surface area contributed by atoms with Crippen LogP contribution in [-0.4, -0.2) is 17.2 Å². The molecule has 0 aliphatic heterocycles. The zero-order chi connectivity index (χ0) is 15.8. The average molecular weight is 333 g/mol. The maximum absolute atomic E-state index is 10.2. The largest absolute Gasteiger partial charge is 1.00 e. The Balaban J connectivity index is 0. The molecule has 0 fully saturated rings. The smallest absolute Gasteiger partial charge is 0.550 e. The standard InChI is InChI=1S/C18H30O3.K/c1-2-3-4-5-6-7-8-9-10-11-12-13-14-15-17(19)16-18(20)21;/h6-7,9-10,12-13,17,19H,2-5,8,11,14-16H2,1H3,(H,20,21);/q;+1/p-1/b7-6-,10-9-,13-12-;. The van der Waals surface area contributed by atoms with E-state index in [0.717, 1.165) is 12.8 Å². The van der Waals surface area contributed by atoms with Gasteiger partial charge in [0.15, 0.2) is 0 Å². The van der Waals surface area contributed by atoms with Crippen molar-refractivity contribution in [1.82, 2.24) is 0 Å². The first-order chi connectivity index (χ1) is 10.2. The molecule has 0 saturated heterocycles. The van der Waals surface area contributed by atoms with E-state index in [-0.39, 0.29) is 57.8 Å². The van der Waals surface area contributed by atoms with Gasteiger partial charge in [-0.2, -0.15) is 0 Å². The SMILES string of the molecule is CCCCC/C=C\C/C=C\C/C=C\CCC(O)CC(=O)[O-].[K+]. The minimum Gasteiger partial charge on any atom is -0.550 e. The number of aliphatic hydroxyl groups excluding tert-OH is 1. The molecule has 0 aromatic rings. The van der Waals surface area contributed by atoms with Crippen molar-refractivity contribution in [2.75, 3.05) is 0 Å². The molecule has 0 saturated carbocycles. The third kappa shape index (κ3) is 20.3. The van der Waals surface area contributed by atoms with Crippen LogP contribution < -0.4 is 56.5 Å². The maximum atomic E-state index is 10.2. The fraction of sp³-hybridized carbons (Fsp3) is 0.611. The van der Waals surface area contributed by atoms with E-state index in [0.29, 0.717) is 12.8 Å². The van der Waals surface area contributed by atoms with Crippen LogP contribution in [0.2, 0.25) is 0 Å². The van der Waals surface area contributed by atoms with Crippen LogP contribution in [0.1, 0.15) is 64.7 Å². The quantitative estimate of drug-likeness (QED) is 0.300. The zero-order valence-corrected chi connectivity index (χ0v) is 17.3. The topological polar surface area (TPSA) is 60.4 Å². The molecule has 0 amide bonds. The number of hydrogen-bond acceptors (Lipinski definition) is 3. The second kappa shape index (κ2) is 19.3. The number of allylic oxidation sites excluding steroid dienone is 6. The first kappa shape index (κ1) is 24.5. The van der Waals surface area contributed by atoms with E-state index in [1.54, 1.807) is 0 Å². The molecule has 1 N–H and O–H groups in total. The molecule has 0 aliphatic rings. The Hall–Kier alpha value is 0.286. The Morgan fingerprint density at radius 2 is 1.55 bits per heavy atom. The predicted octanol–water partition coefficient (Wildman–Crippen LogP) is 0.301. The molecule has 0 bridgehead atoms. The van der Waals surface area contributed by atoms with Crippen LogP contribution in [0, 0.1) is 0 Å². The van der Waals surface area contributed by atoms with Crippen molar-refractivity contribution in [3.8, 4) is 0 Å². The van der Waals surface area contributed by atoms with Gasteiger partial charge in [0.05, 0.1) is 6.10 Å². The van der Waals surface area contributed by atoms with Gasteiger partial charge in [0, 0.05) is 12.4 Å². The molecule has 0 heterocycles. The van der Waals surface area contributed by atoms with Crippen molar-refractivity contribution in [2.24, 2.45) is 0 Å². The van der Waals surface area contributed by atoms with Gasteiger partial charge >= 0.3 is 51.4 Å². The fourth-order valence-corrected chi connectivity index (χ4v) is 1.87. The van der Waals surface area contributed by atoms with Gasteiger partial charge in [0.2, 0.25) is 0 Å². The summed E-state index contributed by atoms with van der Waals surface area (Å²) >= 11 is 0. The normalized spacial score (nSPS) is 13.0. The van der Waals surface area contributed by atoms with E-state index < -0.39 is 12.1 Å². The Morgan fingerprint density at radius 1 is 1.00 bits per heavy atom. The number of carboxylic acid groups (broad SMARTS) is 1. The number of aliphatic hydroxyl groups is 1. The maximum Gasteiger partial charge on any atom is 1.00 e. The molecule has 0 radical (unpaired) electrons.